The van der Waals surface area contributed by atoms with Gasteiger partial charge in [0.15, 0.2) is 0 Å². The van der Waals surface area contributed by atoms with Gasteiger partial charge in [-0.05, 0) is 33.3 Å². The van der Waals surface area contributed by atoms with E-state index in [1.54, 1.807) is 20.8 Å². The molecule has 0 saturated carbocycles. The summed E-state index contributed by atoms with van der Waals surface area (Å²) in [5, 5.41) is 2.79. The van der Waals surface area contributed by atoms with E-state index in [1.165, 1.54) is 0 Å². The molecule has 2 atom stereocenters. The number of carbonyl (C=O) groups excluding carboxylic acids is 2. The minimum absolute atomic E-state index is 0.134. The van der Waals surface area contributed by atoms with E-state index in [-0.39, 0.29) is 18.4 Å². The van der Waals surface area contributed by atoms with Gasteiger partial charge in [0.25, 0.3) is 0 Å². The van der Waals surface area contributed by atoms with Crippen molar-refractivity contribution >= 4 is 11.9 Å². The molecule has 0 spiro atoms. The number of amides is 1. The smallest absolute Gasteiger partial charge is 0.308 e. The molecule has 5 nitrogen and oxygen atoms in total. The maximum Gasteiger partial charge on any atom is 0.308 e. The lowest BCUT2D eigenvalue weighted by molar-refractivity contribution is -0.156. The van der Waals surface area contributed by atoms with Crippen molar-refractivity contribution in [1.29, 1.82) is 0 Å². The minimum Gasteiger partial charge on any atom is -0.460 e. The van der Waals surface area contributed by atoms with E-state index in [2.05, 4.69) is 5.32 Å². The molecule has 0 fully saturated rings. The summed E-state index contributed by atoms with van der Waals surface area (Å²) >= 11 is 0. The average molecular weight is 292 g/mol. The standard InChI is InChI=1S/C16H24N2O3/c1-11(12-8-6-5-7-9-12)18-15(20)13(17)10-14(19)21-16(2,3)4/h5-9,11,13H,10,17H2,1-4H3,(H,18,20)/t11-,13-/m1/s1. The summed E-state index contributed by atoms with van der Waals surface area (Å²) in [5.74, 6) is -0.838. The highest BCUT2D eigenvalue weighted by atomic mass is 16.6. The monoisotopic (exact) mass is 292 g/mol. The van der Waals surface area contributed by atoms with Crippen LogP contribution >= 0.6 is 0 Å². The Morgan fingerprint density at radius 2 is 1.81 bits per heavy atom. The molecule has 0 aliphatic heterocycles. The molecule has 0 unspecified atom stereocenters. The SMILES string of the molecule is C[C@@H](NC(=O)[C@H](N)CC(=O)OC(C)(C)C)c1ccccc1. The van der Waals surface area contributed by atoms with Crippen LogP contribution in [0.15, 0.2) is 30.3 Å². The maximum atomic E-state index is 12.0. The largest absolute Gasteiger partial charge is 0.460 e. The predicted molar refractivity (Wildman–Crippen MR) is 81.4 cm³/mol. The molecule has 0 aromatic heterocycles. The van der Waals surface area contributed by atoms with Crippen molar-refractivity contribution in [3.8, 4) is 0 Å². The molecular formula is C16H24N2O3. The third-order valence-corrected chi connectivity index (χ3v) is 2.80. The fraction of sp³-hybridized carbons (Fsp3) is 0.500. The van der Waals surface area contributed by atoms with E-state index >= 15 is 0 Å². The first-order valence-electron chi connectivity index (χ1n) is 7.02. The highest BCUT2D eigenvalue weighted by Crippen LogP contribution is 2.12. The Labute approximate surface area is 125 Å². The molecule has 0 aliphatic carbocycles. The van der Waals surface area contributed by atoms with Crippen LogP contribution in [0.4, 0.5) is 0 Å². The fourth-order valence-electron chi connectivity index (χ4n) is 1.80. The first-order valence-corrected chi connectivity index (χ1v) is 7.02. The van der Waals surface area contributed by atoms with Crippen molar-refractivity contribution in [1.82, 2.24) is 5.32 Å². The van der Waals surface area contributed by atoms with Crippen molar-refractivity contribution in [2.75, 3.05) is 0 Å². The zero-order valence-corrected chi connectivity index (χ0v) is 13.1. The normalized spacial score (nSPS) is 14.1. The summed E-state index contributed by atoms with van der Waals surface area (Å²) in [6.07, 6.45) is -0.134. The van der Waals surface area contributed by atoms with E-state index in [4.69, 9.17) is 10.5 Å². The Hall–Kier alpha value is -1.88. The zero-order chi connectivity index (χ0) is 16.0. The van der Waals surface area contributed by atoms with Crippen LogP contribution in [0.5, 0.6) is 0 Å². The zero-order valence-electron chi connectivity index (χ0n) is 13.1. The number of nitrogens with two attached hydrogens (primary N) is 1. The van der Waals surface area contributed by atoms with Crippen molar-refractivity contribution in [3.05, 3.63) is 35.9 Å². The summed E-state index contributed by atoms with van der Waals surface area (Å²) < 4.78 is 5.15. The lowest BCUT2D eigenvalue weighted by Crippen LogP contribution is -2.43. The molecule has 1 amide bonds. The molecule has 1 rings (SSSR count). The van der Waals surface area contributed by atoms with Crippen molar-refractivity contribution in [3.63, 3.8) is 0 Å². The number of ether oxygens (including phenoxy) is 1. The van der Waals surface area contributed by atoms with Crippen molar-refractivity contribution in [2.24, 2.45) is 5.73 Å². The fourth-order valence-corrected chi connectivity index (χ4v) is 1.80. The molecule has 0 saturated heterocycles. The van der Waals surface area contributed by atoms with Gasteiger partial charge >= 0.3 is 5.97 Å². The van der Waals surface area contributed by atoms with Crippen LogP contribution in [0.25, 0.3) is 0 Å². The second-order valence-electron chi connectivity index (χ2n) is 6.04. The van der Waals surface area contributed by atoms with E-state index in [1.807, 2.05) is 37.3 Å². The molecule has 0 bridgehead atoms. The highest BCUT2D eigenvalue weighted by Gasteiger charge is 2.23. The molecular weight excluding hydrogens is 268 g/mol. The Balaban J connectivity index is 2.50. The molecule has 1 aromatic rings. The lowest BCUT2D eigenvalue weighted by atomic mass is 10.1. The molecule has 0 aliphatic rings. The number of carbonyl (C=O) groups is 2. The van der Waals surface area contributed by atoms with Crippen LogP contribution in [-0.4, -0.2) is 23.5 Å². The van der Waals surface area contributed by atoms with Crippen LogP contribution < -0.4 is 11.1 Å². The Bertz CT molecular complexity index is 480. The Morgan fingerprint density at radius 1 is 1.24 bits per heavy atom. The van der Waals surface area contributed by atoms with Crippen LogP contribution in [0.3, 0.4) is 0 Å². The van der Waals surface area contributed by atoms with Crippen LogP contribution in [0, 0.1) is 0 Å². The topological polar surface area (TPSA) is 81.4 Å². The first kappa shape index (κ1) is 17.2. The molecule has 1 aromatic carbocycles. The van der Waals surface area contributed by atoms with Crippen molar-refractivity contribution < 1.29 is 14.3 Å². The van der Waals surface area contributed by atoms with E-state index in [0.717, 1.165) is 5.56 Å². The number of rotatable bonds is 5. The molecule has 21 heavy (non-hydrogen) atoms. The van der Waals surface area contributed by atoms with Crippen LogP contribution in [0.2, 0.25) is 0 Å². The molecule has 116 valence electrons. The maximum absolute atomic E-state index is 12.0. The van der Waals surface area contributed by atoms with Gasteiger partial charge in [-0.1, -0.05) is 30.3 Å². The van der Waals surface area contributed by atoms with Gasteiger partial charge in [-0.25, -0.2) is 0 Å². The summed E-state index contributed by atoms with van der Waals surface area (Å²) in [7, 11) is 0. The number of hydrogen-bond acceptors (Lipinski definition) is 4. The van der Waals surface area contributed by atoms with E-state index < -0.39 is 17.6 Å². The summed E-state index contributed by atoms with van der Waals surface area (Å²) in [5.41, 5.74) is 6.15. The lowest BCUT2D eigenvalue weighted by Gasteiger charge is -2.21. The summed E-state index contributed by atoms with van der Waals surface area (Å²) in [6.45, 7) is 7.18. The van der Waals surface area contributed by atoms with Gasteiger partial charge in [0.2, 0.25) is 5.91 Å². The highest BCUT2D eigenvalue weighted by molar-refractivity contribution is 5.86. The van der Waals surface area contributed by atoms with Gasteiger partial charge in [-0.15, -0.1) is 0 Å². The second kappa shape index (κ2) is 7.22. The summed E-state index contributed by atoms with van der Waals surface area (Å²) in [4.78, 5) is 23.6. The van der Waals surface area contributed by atoms with Gasteiger partial charge < -0.3 is 15.8 Å². The van der Waals surface area contributed by atoms with Gasteiger partial charge in [0.05, 0.1) is 18.5 Å². The quantitative estimate of drug-likeness (QED) is 0.812. The van der Waals surface area contributed by atoms with Crippen LogP contribution in [-0.2, 0) is 14.3 Å². The minimum atomic E-state index is -0.911. The third kappa shape index (κ3) is 6.40. The number of benzene rings is 1. The predicted octanol–water partition coefficient (Wildman–Crippen LogP) is 1.92. The molecule has 0 heterocycles. The van der Waals surface area contributed by atoms with Crippen LogP contribution in [0.1, 0.15) is 45.7 Å². The second-order valence-corrected chi connectivity index (χ2v) is 6.04. The van der Waals surface area contributed by atoms with E-state index in [9.17, 15) is 9.59 Å². The van der Waals surface area contributed by atoms with Gasteiger partial charge in [-0.2, -0.15) is 0 Å². The number of esters is 1. The van der Waals surface area contributed by atoms with Gasteiger partial charge in [-0.3, -0.25) is 9.59 Å². The molecule has 0 radical (unpaired) electrons. The average Bonchev–Trinajstić information content (AvgIpc) is 2.37. The number of hydrogen-bond donors (Lipinski definition) is 2. The molecule has 3 N–H and O–H groups in total. The van der Waals surface area contributed by atoms with Gasteiger partial charge in [0.1, 0.15) is 5.60 Å². The van der Waals surface area contributed by atoms with Crippen molar-refractivity contribution in [2.45, 2.75) is 51.8 Å². The number of nitrogens with one attached hydrogen (secondary N) is 1. The molecule has 5 heteroatoms. The third-order valence-electron chi connectivity index (χ3n) is 2.80. The Kier molecular flexibility index (Phi) is 5.90. The van der Waals surface area contributed by atoms with Gasteiger partial charge in [0, 0.05) is 0 Å². The summed E-state index contributed by atoms with van der Waals surface area (Å²) in [6, 6.07) is 8.48. The van der Waals surface area contributed by atoms with E-state index in [0.29, 0.717) is 0 Å². The first-order chi connectivity index (χ1) is 9.69. The Morgan fingerprint density at radius 3 is 2.33 bits per heavy atom.